The van der Waals surface area contributed by atoms with E-state index < -0.39 is 5.97 Å². The molecule has 0 aliphatic heterocycles. The smallest absolute Gasteiger partial charge is 0.337 e. The van der Waals surface area contributed by atoms with Gasteiger partial charge in [-0.1, -0.05) is 36.4 Å². The Bertz CT molecular complexity index is 843. The Labute approximate surface area is 127 Å². The van der Waals surface area contributed by atoms with Crippen molar-refractivity contribution in [2.75, 3.05) is 5.73 Å². The number of carboxylic acids is 1. The molecule has 4 heteroatoms. The van der Waals surface area contributed by atoms with Crippen molar-refractivity contribution in [2.45, 2.75) is 6.61 Å². The lowest BCUT2D eigenvalue weighted by Gasteiger charge is -2.09. The Morgan fingerprint density at radius 1 is 1.00 bits per heavy atom. The monoisotopic (exact) mass is 293 g/mol. The number of hydrogen-bond donors (Lipinski definition) is 2. The molecule has 0 aromatic heterocycles. The van der Waals surface area contributed by atoms with E-state index in [9.17, 15) is 4.79 Å². The second-order valence-corrected chi connectivity index (χ2v) is 5.02. The van der Waals surface area contributed by atoms with Gasteiger partial charge in [0.1, 0.15) is 12.4 Å². The number of anilines is 1. The fraction of sp³-hybridized carbons (Fsp3) is 0.0556. The maximum Gasteiger partial charge on any atom is 0.337 e. The molecule has 0 saturated carbocycles. The number of rotatable bonds is 4. The number of ether oxygens (including phenoxy) is 1. The summed E-state index contributed by atoms with van der Waals surface area (Å²) < 4.78 is 5.67. The summed E-state index contributed by atoms with van der Waals surface area (Å²) in [5, 5.41) is 11.4. The SMILES string of the molecule is Nc1ccc(OCc2ccc3ccccc3c2)cc1C(=O)O. The van der Waals surface area contributed by atoms with Gasteiger partial charge in [-0.25, -0.2) is 4.79 Å². The van der Waals surface area contributed by atoms with Crippen LogP contribution in [0.15, 0.2) is 60.7 Å². The largest absolute Gasteiger partial charge is 0.489 e. The van der Waals surface area contributed by atoms with Crippen LogP contribution in [0.5, 0.6) is 5.75 Å². The van der Waals surface area contributed by atoms with E-state index in [1.165, 1.54) is 11.5 Å². The fourth-order valence-corrected chi connectivity index (χ4v) is 2.31. The van der Waals surface area contributed by atoms with Gasteiger partial charge < -0.3 is 15.6 Å². The molecule has 0 radical (unpaired) electrons. The lowest BCUT2D eigenvalue weighted by Crippen LogP contribution is -2.03. The van der Waals surface area contributed by atoms with E-state index in [-0.39, 0.29) is 11.3 Å². The summed E-state index contributed by atoms with van der Waals surface area (Å²) >= 11 is 0. The van der Waals surface area contributed by atoms with Gasteiger partial charge in [-0.2, -0.15) is 0 Å². The quantitative estimate of drug-likeness (QED) is 0.719. The third-order valence-electron chi connectivity index (χ3n) is 3.47. The Balaban J connectivity index is 1.79. The molecule has 0 saturated heterocycles. The molecule has 0 fully saturated rings. The summed E-state index contributed by atoms with van der Waals surface area (Å²) in [6.45, 7) is 0.369. The standard InChI is InChI=1S/C18H15NO3/c19-17-8-7-15(10-16(17)18(20)21)22-11-12-5-6-13-3-1-2-4-14(13)9-12/h1-10H,11,19H2,(H,20,21). The third kappa shape index (κ3) is 2.86. The van der Waals surface area contributed by atoms with E-state index in [0.29, 0.717) is 12.4 Å². The first kappa shape index (κ1) is 13.9. The van der Waals surface area contributed by atoms with Gasteiger partial charge in [0, 0.05) is 5.69 Å². The summed E-state index contributed by atoms with van der Waals surface area (Å²) in [5.74, 6) is -0.576. The van der Waals surface area contributed by atoms with Crippen molar-refractivity contribution in [3.8, 4) is 5.75 Å². The van der Waals surface area contributed by atoms with Crippen molar-refractivity contribution in [1.82, 2.24) is 0 Å². The van der Waals surface area contributed by atoms with Crippen LogP contribution in [-0.2, 0) is 6.61 Å². The molecule has 0 bridgehead atoms. The number of carbonyl (C=O) groups is 1. The minimum Gasteiger partial charge on any atom is -0.489 e. The molecule has 0 atom stereocenters. The molecule has 3 aromatic rings. The normalized spacial score (nSPS) is 10.5. The zero-order valence-electron chi connectivity index (χ0n) is 11.8. The molecule has 0 unspecified atom stereocenters. The van der Waals surface area contributed by atoms with Gasteiger partial charge in [0.15, 0.2) is 0 Å². The summed E-state index contributed by atoms with van der Waals surface area (Å²) in [6, 6.07) is 18.8. The number of hydrogen-bond acceptors (Lipinski definition) is 3. The topological polar surface area (TPSA) is 72.5 Å². The molecular formula is C18H15NO3. The molecular weight excluding hydrogens is 278 g/mol. The Hall–Kier alpha value is -3.01. The number of nitrogens with two attached hydrogens (primary N) is 1. The number of aromatic carboxylic acids is 1. The minimum atomic E-state index is -1.06. The van der Waals surface area contributed by atoms with E-state index in [2.05, 4.69) is 12.1 Å². The van der Waals surface area contributed by atoms with Gasteiger partial charge in [0.2, 0.25) is 0 Å². The second-order valence-electron chi connectivity index (χ2n) is 5.02. The van der Waals surface area contributed by atoms with Crippen molar-refractivity contribution in [3.05, 3.63) is 71.8 Å². The summed E-state index contributed by atoms with van der Waals surface area (Å²) in [6.07, 6.45) is 0. The van der Waals surface area contributed by atoms with Crippen LogP contribution in [0.2, 0.25) is 0 Å². The van der Waals surface area contributed by atoms with Crippen LogP contribution in [0, 0.1) is 0 Å². The van der Waals surface area contributed by atoms with Crippen LogP contribution in [0.4, 0.5) is 5.69 Å². The first-order valence-corrected chi connectivity index (χ1v) is 6.87. The average molecular weight is 293 g/mol. The highest BCUT2D eigenvalue weighted by Gasteiger charge is 2.09. The molecule has 0 heterocycles. The van der Waals surface area contributed by atoms with Gasteiger partial charge in [-0.15, -0.1) is 0 Å². The maximum atomic E-state index is 11.1. The van der Waals surface area contributed by atoms with Crippen molar-refractivity contribution in [3.63, 3.8) is 0 Å². The van der Waals surface area contributed by atoms with Gasteiger partial charge in [0.05, 0.1) is 5.56 Å². The Kier molecular flexibility index (Phi) is 3.66. The molecule has 3 aromatic carbocycles. The van der Waals surface area contributed by atoms with Crippen LogP contribution < -0.4 is 10.5 Å². The lowest BCUT2D eigenvalue weighted by atomic mass is 10.1. The Morgan fingerprint density at radius 2 is 1.77 bits per heavy atom. The van der Waals surface area contributed by atoms with Crippen molar-refractivity contribution < 1.29 is 14.6 Å². The predicted molar refractivity (Wildman–Crippen MR) is 86.1 cm³/mol. The zero-order valence-corrected chi connectivity index (χ0v) is 11.8. The lowest BCUT2D eigenvalue weighted by molar-refractivity contribution is 0.0697. The first-order chi connectivity index (χ1) is 10.6. The van der Waals surface area contributed by atoms with Crippen LogP contribution in [0.1, 0.15) is 15.9 Å². The molecule has 4 nitrogen and oxygen atoms in total. The molecule has 0 spiro atoms. The van der Waals surface area contributed by atoms with Gasteiger partial charge in [-0.05, 0) is 40.6 Å². The molecule has 0 aliphatic rings. The summed E-state index contributed by atoms with van der Waals surface area (Å²) in [5.41, 5.74) is 6.92. The number of carboxylic acid groups (broad SMARTS) is 1. The average Bonchev–Trinajstić information content (AvgIpc) is 2.53. The minimum absolute atomic E-state index is 0.0519. The molecule has 3 rings (SSSR count). The summed E-state index contributed by atoms with van der Waals surface area (Å²) in [7, 11) is 0. The number of nitrogen functional groups attached to an aromatic ring is 1. The Morgan fingerprint density at radius 3 is 2.55 bits per heavy atom. The van der Waals surface area contributed by atoms with Gasteiger partial charge >= 0.3 is 5.97 Å². The van der Waals surface area contributed by atoms with Crippen LogP contribution in [-0.4, -0.2) is 11.1 Å². The highest BCUT2D eigenvalue weighted by molar-refractivity contribution is 5.94. The van der Waals surface area contributed by atoms with E-state index in [1.54, 1.807) is 12.1 Å². The van der Waals surface area contributed by atoms with E-state index in [0.717, 1.165) is 10.9 Å². The van der Waals surface area contributed by atoms with Crippen molar-refractivity contribution in [2.24, 2.45) is 0 Å². The van der Waals surface area contributed by atoms with Gasteiger partial charge in [-0.3, -0.25) is 0 Å². The zero-order chi connectivity index (χ0) is 15.5. The number of benzene rings is 3. The van der Waals surface area contributed by atoms with Crippen LogP contribution in [0.25, 0.3) is 10.8 Å². The molecule has 0 amide bonds. The maximum absolute atomic E-state index is 11.1. The van der Waals surface area contributed by atoms with Crippen molar-refractivity contribution >= 4 is 22.4 Å². The molecule has 0 aliphatic carbocycles. The predicted octanol–water partition coefficient (Wildman–Crippen LogP) is 3.70. The van der Waals surface area contributed by atoms with Crippen molar-refractivity contribution in [1.29, 1.82) is 0 Å². The fourth-order valence-electron chi connectivity index (χ4n) is 2.31. The van der Waals surface area contributed by atoms with Gasteiger partial charge in [0.25, 0.3) is 0 Å². The second kappa shape index (κ2) is 5.77. The molecule has 110 valence electrons. The molecule has 22 heavy (non-hydrogen) atoms. The van der Waals surface area contributed by atoms with Crippen LogP contribution in [0.3, 0.4) is 0 Å². The molecule has 3 N–H and O–H groups in total. The van der Waals surface area contributed by atoms with E-state index in [1.807, 2.05) is 30.3 Å². The number of fused-ring (bicyclic) bond motifs is 1. The third-order valence-corrected chi connectivity index (χ3v) is 3.47. The summed E-state index contributed by atoms with van der Waals surface area (Å²) in [4.78, 5) is 11.1. The van der Waals surface area contributed by atoms with E-state index in [4.69, 9.17) is 15.6 Å². The highest BCUT2D eigenvalue weighted by Crippen LogP contribution is 2.22. The first-order valence-electron chi connectivity index (χ1n) is 6.87. The highest BCUT2D eigenvalue weighted by atomic mass is 16.5. The van der Waals surface area contributed by atoms with E-state index >= 15 is 0 Å². The van der Waals surface area contributed by atoms with Crippen LogP contribution >= 0.6 is 0 Å².